The predicted molar refractivity (Wildman–Crippen MR) is 80.3 cm³/mol. The molecule has 0 bridgehead atoms. The van der Waals surface area contributed by atoms with Crippen molar-refractivity contribution in [3.63, 3.8) is 0 Å². The minimum atomic E-state index is -0.867. The third-order valence-corrected chi connectivity index (χ3v) is 3.64. The SMILES string of the molecule is Cc1ncc(/C=C/C(=O)NCC(O)c2ccc(F)cc2)s1. The number of rotatable bonds is 5. The first-order valence-corrected chi connectivity index (χ1v) is 7.18. The van der Waals surface area contributed by atoms with Crippen LogP contribution in [0, 0.1) is 12.7 Å². The van der Waals surface area contributed by atoms with Gasteiger partial charge in [-0.3, -0.25) is 4.79 Å². The fraction of sp³-hybridized carbons (Fsp3) is 0.200. The Balaban J connectivity index is 1.83. The summed E-state index contributed by atoms with van der Waals surface area (Å²) >= 11 is 1.49. The average molecular weight is 306 g/mol. The molecule has 0 aliphatic heterocycles. The number of aromatic nitrogens is 1. The maximum atomic E-state index is 12.8. The van der Waals surface area contributed by atoms with Crippen molar-refractivity contribution in [1.29, 1.82) is 0 Å². The van der Waals surface area contributed by atoms with Gasteiger partial charge in [0.2, 0.25) is 5.91 Å². The molecule has 1 aromatic heterocycles. The summed E-state index contributed by atoms with van der Waals surface area (Å²) in [6.45, 7) is 1.96. The Bertz CT molecular complexity index is 637. The summed E-state index contributed by atoms with van der Waals surface area (Å²) in [4.78, 5) is 16.6. The van der Waals surface area contributed by atoms with Gasteiger partial charge < -0.3 is 10.4 Å². The molecular weight excluding hydrogens is 291 g/mol. The molecule has 1 atom stereocenters. The van der Waals surface area contributed by atoms with Gasteiger partial charge in [0, 0.05) is 23.7 Å². The second kappa shape index (κ2) is 7.10. The Kier molecular flexibility index (Phi) is 5.19. The number of amides is 1. The number of aryl methyl sites for hydroxylation is 1. The molecule has 0 fully saturated rings. The molecule has 1 aromatic carbocycles. The maximum Gasteiger partial charge on any atom is 0.244 e. The van der Waals surface area contributed by atoms with Gasteiger partial charge in [0.1, 0.15) is 5.82 Å². The van der Waals surface area contributed by atoms with E-state index in [0.29, 0.717) is 5.56 Å². The molecule has 0 saturated heterocycles. The first-order chi connectivity index (χ1) is 10.0. The molecule has 4 nitrogen and oxygen atoms in total. The normalized spacial score (nSPS) is 12.5. The number of aliphatic hydroxyl groups excluding tert-OH is 1. The standard InChI is InChI=1S/C15H15FN2O2S/c1-10-17-8-13(21-10)6-7-15(20)18-9-14(19)11-2-4-12(16)5-3-11/h2-8,14,19H,9H2,1H3,(H,18,20)/b7-6+. The number of hydrogen-bond donors (Lipinski definition) is 2. The van der Waals surface area contributed by atoms with Crippen molar-refractivity contribution in [3.8, 4) is 0 Å². The molecule has 2 aromatic rings. The van der Waals surface area contributed by atoms with Crippen LogP contribution in [0.3, 0.4) is 0 Å². The van der Waals surface area contributed by atoms with Crippen molar-refractivity contribution in [1.82, 2.24) is 10.3 Å². The highest BCUT2D eigenvalue weighted by Crippen LogP contribution is 2.13. The molecule has 0 spiro atoms. The van der Waals surface area contributed by atoms with E-state index in [9.17, 15) is 14.3 Å². The molecular formula is C15H15FN2O2S. The molecule has 2 rings (SSSR count). The van der Waals surface area contributed by atoms with Gasteiger partial charge in [-0.1, -0.05) is 12.1 Å². The fourth-order valence-corrected chi connectivity index (χ4v) is 2.36. The molecule has 1 unspecified atom stereocenters. The lowest BCUT2D eigenvalue weighted by atomic mass is 10.1. The van der Waals surface area contributed by atoms with Gasteiger partial charge in [-0.15, -0.1) is 11.3 Å². The monoisotopic (exact) mass is 306 g/mol. The van der Waals surface area contributed by atoms with Crippen LogP contribution in [0.25, 0.3) is 6.08 Å². The van der Waals surface area contributed by atoms with Crippen molar-refractivity contribution < 1.29 is 14.3 Å². The van der Waals surface area contributed by atoms with Gasteiger partial charge in [0.25, 0.3) is 0 Å². The smallest absolute Gasteiger partial charge is 0.244 e. The minimum Gasteiger partial charge on any atom is -0.387 e. The van der Waals surface area contributed by atoms with Crippen LogP contribution in [0.2, 0.25) is 0 Å². The van der Waals surface area contributed by atoms with Crippen LogP contribution in [-0.4, -0.2) is 22.5 Å². The molecule has 0 radical (unpaired) electrons. The van der Waals surface area contributed by atoms with E-state index >= 15 is 0 Å². The van der Waals surface area contributed by atoms with Gasteiger partial charge in [-0.25, -0.2) is 9.37 Å². The van der Waals surface area contributed by atoms with E-state index in [2.05, 4.69) is 10.3 Å². The number of carbonyl (C=O) groups is 1. The Morgan fingerprint density at radius 1 is 1.48 bits per heavy atom. The lowest BCUT2D eigenvalue weighted by Crippen LogP contribution is -2.26. The highest BCUT2D eigenvalue weighted by Gasteiger charge is 2.08. The molecule has 2 N–H and O–H groups in total. The summed E-state index contributed by atoms with van der Waals surface area (Å²) in [5.74, 6) is -0.667. The highest BCUT2D eigenvalue weighted by molar-refractivity contribution is 7.12. The van der Waals surface area contributed by atoms with Gasteiger partial charge in [-0.05, 0) is 30.7 Å². The van der Waals surface area contributed by atoms with Crippen LogP contribution in [0.5, 0.6) is 0 Å². The van der Waals surface area contributed by atoms with E-state index in [0.717, 1.165) is 9.88 Å². The number of carbonyl (C=O) groups excluding carboxylic acids is 1. The summed E-state index contributed by atoms with van der Waals surface area (Å²) in [7, 11) is 0. The van der Waals surface area contributed by atoms with Crippen LogP contribution < -0.4 is 5.32 Å². The summed E-state index contributed by atoms with van der Waals surface area (Å²) in [5, 5.41) is 13.4. The molecule has 1 heterocycles. The minimum absolute atomic E-state index is 0.0660. The molecule has 0 aliphatic rings. The van der Waals surface area contributed by atoms with Crippen molar-refractivity contribution >= 4 is 23.3 Å². The van der Waals surface area contributed by atoms with Crippen LogP contribution in [0.4, 0.5) is 4.39 Å². The lowest BCUT2D eigenvalue weighted by Gasteiger charge is -2.11. The number of halogens is 1. The number of nitrogens with zero attached hydrogens (tertiary/aromatic N) is 1. The molecule has 0 aliphatic carbocycles. The molecule has 1 amide bonds. The van der Waals surface area contributed by atoms with Gasteiger partial charge in [0.15, 0.2) is 0 Å². The highest BCUT2D eigenvalue weighted by atomic mass is 32.1. The molecule has 21 heavy (non-hydrogen) atoms. The first-order valence-electron chi connectivity index (χ1n) is 6.36. The molecule has 6 heteroatoms. The van der Waals surface area contributed by atoms with Crippen molar-refractivity contribution in [2.24, 2.45) is 0 Å². The van der Waals surface area contributed by atoms with E-state index < -0.39 is 6.10 Å². The van der Waals surface area contributed by atoms with E-state index in [1.165, 1.54) is 41.7 Å². The van der Waals surface area contributed by atoms with E-state index in [-0.39, 0.29) is 18.3 Å². The second-order valence-corrected chi connectivity index (χ2v) is 5.69. The Morgan fingerprint density at radius 2 is 2.19 bits per heavy atom. The van der Waals surface area contributed by atoms with Crippen LogP contribution >= 0.6 is 11.3 Å². The lowest BCUT2D eigenvalue weighted by molar-refractivity contribution is -0.116. The summed E-state index contributed by atoms with van der Waals surface area (Å²) in [6.07, 6.45) is 3.89. The van der Waals surface area contributed by atoms with Gasteiger partial charge >= 0.3 is 0 Å². The fourth-order valence-electron chi connectivity index (χ4n) is 1.67. The Labute approximate surface area is 126 Å². The summed E-state index contributed by atoms with van der Waals surface area (Å²) in [5.41, 5.74) is 0.554. The van der Waals surface area contributed by atoms with Gasteiger partial charge in [0.05, 0.1) is 11.1 Å². The quantitative estimate of drug-likeness (QED) is 0.834. The summed E-state index contributed by atoms with van der Waals surface area (Å²) < 4.78 is 12.8. The maximum absolute atomic E-state index is 12.8. The van der Waals surface area contributed by atoms with Crippen LogP contribution in [0.15, 0.2) is 36.5 Å². The second-order valence-electron chi connectivity index (χ2n) is 4.43. The predicted octanol–water partition coefficient (Wildman–Crippen LogP) is 2.45. The van der Waals surface area contributed by atoms with Gasteiger partial charge in [-0.2, -0.15) is 0 Å². The summed E-state index contributed by atoms with van der Waals surface area (Å²) in [6, 6.07) is 5.52. The molecule has 0 saturated carbocycles. The third kappa shape index (κ3) is 4.77. The zero-order valence-electron chi connectivity index (χ0n) is 11.4. The topological polar surface area (TPSA) is 62.2 Å². The van der Waals surface area contributed by atoms with Crippen LogP contribution in [0.1, 0.15) is 21.6 Å². The third-order valence-electron chi connectivity index (χ3n) is 2.76. The zero-order valence-corrected chi connectivity index (χ0v) is 12.2. The Morgan fingerprint density at radius 3 is 2.81 bits per heavy atom. The molecule has 110 valence electrons. The van der Waals surface area contributed by atoms with Crippen molar-refractivity contribution in [3.05, 3.63) is 57.8 Å². The van der Waals surface area contributed by atoms with E-state index in [1.54, 1.807) is 12.3 Å². The van der Waals surface area contributed by atoms with E-state index in [4.69, 9.17) is 0 Å². The average Bonchev–Trinajstić information content (AvgIpc) is 2.89. The number of nitrogens with one attached hydrogen (secondary N) is 1. The largest absolute Gasteiger partial charge is 0.387 e. The Hall–Kier alpha value is -2.05. The number of thiazole rings is 1. The van der Waals surface area contributed by atoms with Crippen LogP contribution in [-0.2, 0) is 4.79 Å². The van der Waals surface area contributed by atoms with Crippen molar-refractivity contribution in [2.45, 2.75) is 13.0 Å². The zero-order chi connectivity index (χ0) is 15.2. The number of aliphatic hydroxyl groups is 1. The number of benzene rings is 1. The van der Waals surface area contributed by atoms with Crippen molar-refractivity contribution in [2.75, 3.05) is 6.54 Å². The first kappa shape index (κ1) is 15.3. The van der Waals surface area contributed by atoms with E-state index in [1.807, 2.05) is 6.92 Å². The number of hydrogen-bond acceptors (Lipinski definition) is 4.